The van der Waals surface area contributed by atoms with Gasteiger partial charge in [0.1, 0.15) is 42.6 Å². The van der Waals surface area contributed by atoms with Crippen LogP contribution in [-0.4, -0.2) is 47.7 Å². The van der Waals surface area contributed by atoms with Crippen LogP contribution in [-0.2, 0) is 0 Å². The quantitative estimate of drug-likeness (QED) is 0.0318. The van der Waals surface area contributed by atoms with Crippen molar-refractivity contribution in [3.05, 3.63) is 69.8 Å². The molecule has 0 aromatic heterocycles. The van der Waals surface area contributed by atoms with E-state index in [4.69, 9.17) is 34.8 Å². The molecule has 0 aliphatic rings. The Morgan fingerprint density at radius 2 is 0.613 bits per heavy atom. The normalized spacial score (nSPS) is 10.9. The van der Waals surface area contributed by atoms with E-state index in [1.807, 2.05) is 24.3 Å². The summed E-state index contributed by atoms with van der Waals surface area (Å²) in [6, 6.07) is 15.4. The summed E-state index contributed by atoms with van der Waals surface area (Å²) >= 11 is 0. The number of benzene rings is 3. The third kappa shape index (κ3) is 25.5. The first-order valence-corrected chi connectivity index (χ1v) is 34.1. The third-order valence-corrected chi connectivity index (χ3v) is 20.9. The van der Waals surface area contributed by atoms with Crippen molar-refractivity contribution in [2.24, 2.45) is 0 Å². The fourth-order valence-corrected chi connectivity index (χ4v) is 14.1. The molecule has 0 N–H and O–H groups in total. The van der Waals surface area contributed by atoms with Gasteiger partial charge < -0.3 is 28.4 Å². The van der Waals surface area contributed by atoms with Gasteiger partial charge in [0.2, 0.25) is 0 Å². The molecule has 0 amide bonds. The maximum absolute atomic E-state index is 9.50. The van der Waals surface area contributed by atoms with Crippen LogP contribution in [0.2, 0.25) is 17.1 Å². The van der Waals surface area contributed by atoms with Crippen molar-refractivity contribution in [1.82, 2.24) is 0 Å². The molecule has 8 heteroatoms. The number of hydrogen-bond acceptors (Lipinski definition) is 7. The Kier molecular flexibility index (Phi) is 36.3. The summed E-state index contributed by atoms with van der Waals surface area (Å²) in [6.45, 7) is 26.0. The molecule has 438 valence electrons. The highest BCUT2D eigenvalue weighted by Crippen LogP contribution is 2.38. The Labute approximate surface area is 490 Å². The average molecular weight is 1110 g/mol. The molecule has 0 unspecified atom stereocenters. The van der Waals surface area contributed by atoms with Crippen molar-refractivity contribution in [1.29, 1.82) is 5.26 Å². The summed E-state index contributed by atoms with van der Waals surface area (Å²) in [5, 5.41) is 9.50. The van der Waals surface area contributed by atoms with Crippen molar-refractivity contribution < 1.29 is 28.4 Å². The predicted molar refractivity (Wildman–Crippen MR) is 340 cm³/mol. The van der Waals surface area contributed by atoms with Gasteiger partial charge in [0.15, 0.2) is 0 Å². The summed E-state index contributed by atoms with van der Waals surface area (Å²) in [4.78, 5) is 0. The summed E-state index contributed by atoms with van der Waals surface area (Å²) in [6.07, 6.45) is 33.5. The number of nitriles is 1. The van der Waals surface area contributed by atoms with Crippen LogP contribution < -0.4 is 28.4 Å². The zero-order chi connectivity index (χ0) is 58.1. The van der Waals surface area contributed by atoms with Gasteiger partial charge in [0.05, 0.1) is 79.1 Å². The lowest BCUT2D eigenvalue weighted by atomic mass is 10.1. The predicted octanol–water partition coefficient (Wildman–Crippen LogP) is 19.7. The minimum atomic E-state index is -2.17. The molecule has 0 bridgehead atoms. The van der Waals surface area contributed by atoms with Crippen molar-refractivity contribution >= 4 is 8.07 Å². The van der Waals surface area contributed by atoms with Crippen LogP contribution in [0.3, 0.4) is 0 Å². The van der Waals surface area contributed by atoms with Gasteiger partial charge in [-0.15, -0.1) is 12.0 Å². The SMILES string of the molecule is C#Cc1cc(OCCCCCC)c(C#Cc2cc(OCCCCCC)c(C#Cc3cc(OCCCCCC)c(C#C[Si](CCCC#N)(C(C)C)C(C)C)cc3OCCCCCC)cc2OCCCCCC)cc1OCCCCCC. The fourth-order valence-electron chi connectivity index (χ4n) is 9.77. The molecule has 7 nitrogen and oxygen atoms in total. The molecule has 0 spiro atoms. The van der Waals surface area contributed by atoms with E-state index < -0.39 is 8.07 Å². The molecule has 0 heterocycles. The number of rotatable bonds is 41. The van der Waals surface area contributed by atoms with E-state index >= 15 is 0 Å². The van der Waals surface area contributed by atoms with Crippen molar-refractivity contribution in [3.8, 4) is 88.1 Å². The zero-order valence-corrected chi connectivity index (χ0v) is 52.9. The standard InChI is InChI=1S/C72H105NO6Si/c1-12-19-25-32-45-74-67-54-62(68(53-61(67)18-7)75-46-33-26-20-13-2)39-40-63-55-70(77-48-35-28-22-15-4)64(56-69(63)76-47-34-27-21-14-3)41-42-65-57-72(79-50-37-30-24-17-6)66(58-71(65)78-49-36-29-23-16-5)43-52-80(59(8)9,60(10)11)51-38-31-44-73/h7,53-60H,12-17,19-38,45-51H2,1-6,8-11H3. The van der Waals surface area contributed by atoms with E-state index in [9.17, 15) is 5.26 Å². The lowest BCUT2D eigenvalue weighted by Crippen LogP contribution is -2.40. The Morgan fingerprint density at radius 1 is 0.362 bits per heavy atom. The van der Waals surface area contributed by atoms with Crippen molar-refractivity contribution in [2.75, 3.05) is 39.6 Å². The molecule has 0 saturated heterocycles. The second kappa shape index (κ2) is 42.3. The molecule has 0 radical (unpaired) electrons. The minimum absolute atomic E-state index is 0.423. The maximum atomic E-state index is 9.50. The topological polar surface area (TPSA) is 79.2 Å². The smallest absolute Gasteiger partial charge is 0.143 e. The molecule has 3 aromatic rings. The Hall–Kier alpha value is -5.59. The van der Waals surface area contributed by atoms with E-state index in [0.29, 0.717) is 108 Å². The number of unbranched alkanes of at least 4 members (excludes halogenated alkanes) is 19. The molecule has 0 fully saturated rings. The van der Waals surface area contributed by atoms with E-state index in [1.165, 1.54) is 12.8 Å². The summed E-state index contributed by atoms with van der Waals surface area (Å²) in [7, 11) is -2.17. The van der Waals surface area contributed by atoms with E-state index in [1.54, 1.807) is 0 Å². The van der Waals surface area contributed by atoms with Gasteiger partial charge in [-0.3, -0.25) is 0 Å². The van der Waals surface area contributed by atoms with Crippen molar-refractivity contribution in [3.63, 3.8) is 0 Å². The average Bonchev–Trinajstić information content (AvgIpc) is 3.47. The molecule has 0 aliphatic heterocycles. The van der Waals surface area contributed by atoms with Gasteiger partial charge in [-0.05, 0) is 62.1 Å². The lowest BCUT2D eigenvalue weighted by Gasteiger charge is -2.34. The van der Waals surface area contributed by atoms with Gasteiger partial charge in [-0.1, -0.05) is 220 Å². The summed E-state index contributed by atoms with van der Waals surface area (Å²) in [5.74, 6) is 24.8. The molecule has 3 aromatic carbocycles. The number of nitrogens with zero attached hydrogens (tertiary/aromatic N) is 1. The number of hydrogen-bond donors (Lipinski definition) is 0. The summed E-state index contributed by atoms with van der Waals surface area (Å²) in [5.41, 5.74) is 9.14. The van der Waals surface area contributed by atoms with Gasteiger partial charge in [0, 0.05) is 42.8 Å². The fraction of sp³-hybridized carbons (Fsp3) is 0.625. The second-order valence-electron chi connectivity index (χ2n) is 22.2. The van der Waals surface area contributed by atoms with Gasteiger partial charge >= 0.3 is 0 Å². The molecule has 80 heavy (non-hydrogen) atoms. The largest absolute Gasteiger partial charge is 0.492 e. The first-order chi connectivity index (χ1) is 39.0. The van der Waals surface area contributed by atoms with E-state index in [-0.39, 0.29) is 0 Å². The van der Waals surface area contributed by atoms with Gasteiger partial charge in [0.25, 0.3) is 0 Å². The van der Waals surface area contributed by atoms with E-state index in [0.717, 1.165) is 171 Å². The Balaban J connectivity index is 2.39. The third-order valence-electron chi connectivity index (χ3n) is 15.0. The zero-order valence-electron chi connectivity index (χ0n) is 51.9. The van der Waals surface area contributed by atoms with Crippen LogP contribution in [0.5, 0.6) is 34.5 Å². The number of terminal acetylenes is 1. The number of ether oxygens (including phenoxy) is 6. The maximum Gasteiger partial charge on any atom is 0.143 e. The highest BCUT2D eigenvalue weighted by molar-refractivity contribution is 6.89. The van der Waals surface area contributed by atoms with Crippen LogP contribution in [0.15, 0.2) is 36.4 Å². The first-order valence-electron chi connectivity index (χ1n) is 31.8. The van der Waals surface area contributed by atoms with Gasteiger partial charge in [-0.2, -0.15) is 5.26 Å². The monoisotopic (exact) mass is 1110 g/mol. The highest BCUT2D eigenvalue weighted by atomic mass is 28.3. The Bertz CT molecular complexity index is 2490. The van der Waals surface area contributed by atoms with Crippen LogP contribution >= 0.6 is 0 Å². The van der Waals surface area contributed by atoms with E-state index in [2.05, 4.69) is 129 Å². The molecule has 3 rings (SSSR count). The molecule has 0 saturated carbocycles. The molecular weight excluding hydrogens is 1000 g/mol. The van der Waals surface area contributed by atoms with Gasteiger partial charge in [-0.25, -0.2) is 0 Å². The molecule has 0 aliphatic carbocycles. The van der Waals surface area contributed by atoms with Crippen LogP contribution in [0, 0.1) is 58.8 Å². The Morgan fingerprint density at radius 3 is 0.850 bits per heavy atom. The van der Waals surface area contributed by atoms with Crippen molar-refractivity contribution in [2.45, 2.75) is 253 Å². The van der Waals surface area contributed by atoms with Crippen LogP contribution in [0.4, 0.5) is 0 Å². The highest BCUT2D eigenvalue weighted by Gasteiger charge is 2.38. The second-order valence-corrected chi connectivity index (χ2v) is 27.4. The lowest BCUT2D eigenvalue weighted by molar-refractivity contribution is 0.295. The first kappa shape index (κ1) is 68.7. The molecular formula is C72H105NO6Si. The van der Waals surface area contributed by atoms with Crippen LogP contribution in [0.1, 0.15) is 270 Å². The minimum Gasteiger partial charge on any atom is -0.492 e. The molecule has 0 atom stereocenters. The summed E-state index contributed by atoms with van der Waals surface area (Å²) < 4.78 is 39.7. The van der Waals surface area contributed by atoms with Crippen LogP contribution in [0.25, 0.3) is 0 Å².